The second-order valence-corrected chi connectivity index (χ2v) is 6.84. The van der Waals surface area contributed by atoms with E-state index in [1.807, 2.05) is 24.0 Å². The molecule has 0 spiro atoms. The summed E-state index contributed by atoms with van der Waals surface area (Å²) in [6, 6.07) is 14.2. The predicted molar refractivity (Wildman–Crippen MR) is 111 cm³/mol. The van der Waals surface area contributed by atoms with Gasteiger partial charge < -0.3 is 19.9 Å². The number of ether oxygens (including phenoxy) is 2. The molecular formula is C21H27ClN2O4. The maximum absolute atomic E-state index is 12.4. The zero-order chi connectivity index (χ0) is 20.4. The van der Waals surface area contributed by atoms with Crippen LogP contribution in [0.15, 0.2) is 48.5 Å². The van der Waals surface area contributed by atoms with Crippen LogP contribution in [0.5, 0.6) is 11.5 Å². The smallest absolute Gasteiger partial charge is 0.238 e. The number of aliphatic hydroxyl groups excluding tert-OH is 1. The third-order valence-corrected chi connectivity index (χ3v) is 4.27. The van der Waals surface area contributed by atoms with E-state index in [-0.39, 0.29) is 19.1 Å². The highest BCUT2D eigenvalue weighted by molar-refractivity contribution is 6.30. The molecule has 6 nitrogen and oxygen atoms in total. The van der Waals surface area contributed by atoms with E-state index in [2.05, 4.69) is 5.32 Å². The van der Waals surface area contributed by atoms with E-state index in [1.54, 1.807) is 43.5 Å². The van der Waals surface area contributed by atoms with E-state index in [1.165, 1.54) is 0 Å². The lowest BCUT2D eigenvalue weighted by Crippen LogP contribution is -2.40. The molecular weight excluding hydrogens is 380 g/mol. The van der Waals surface area contributed by atoms with Crippen LogP contribution in [0.1, 0.15) is 13.3 Å². The maximum atomic E-state index is 12.4. The van der Waals surface area contributed by atoms with Gasteiger partial charge in [-0.15, -0.1) is 0 Å². The summed E-state index contributed by atoms with van der Waals surface area (Å²) < 4.78 is 10.8. The van der Waals surface area contributed by atoms with Crippen LogP contribution in [0.2, 0.25) is 5.02 Å². The van der Waals surface area contributed by atoms with Gasteiger partial charge in [0.05, 0.1) is 19.3 Å². The van der Waals surface area contributed by atoms with Crippen molar-refractivity contribution in [3.63, 3.8) is 0 Å². The monoisotopic (exact) mass is 406 g/mol. The van der Waals surface area contributed by atoms with Gasteiger partial charge in [0.1, 0.15) is 24.2 Å². The maximum Gasteiger partial charge on any atom is 0.238 e. The molecule has 1 amide bonds. The number of nitrogens with zero attached hydrogens (tertiary/aromatic N) is 1. The van der Waals surface area contributed by atoms with Gasteiger partial charge in [-0.3, -0.25) is 9.69 Å². The lowest BCUT2D eigenvalue weighted by Gasteiger charge is -2.24. The Kier molecular flexibility index (Phi) is 9.07. The molecule has 7 heteroatoms. The van der Waals surface area contributed by atoms with E-state index in [4.69, 9.17) is 21.1 Å². The van der Waals surface area contributed by atoms with Crippen molar-refractivity contribution in [2.75, 3.05) is 38.7 Å². The van der Waals surface area contributed by atoms with E-state index in [0.717, 1.165) is 6.42 Å². The number of benzene rings is 2. The first-order valence-electron chi connectivity index (χ1n) is 9.23. The van der Waals surface area contributed by atoms with Gasteiger partial charge in [0.15, 0.2) is 0 Å². The molecule has 28 heavy (non-hydrogen) atoms. The van der Waals surface area contributed by atoms with Crippen molar-refractivity contribution in [2.45, 2.75) is 19.4 Å². The van der Waals surface area contributed by atoms with Gasteiger partial charge in [-0.05, 0) is 49.4 Å². The molecule has 152 valence electrons. The number of hydrogen-bond donors (Lipinski definition) is 2. The molecule has 1 atom stereocenters. The molecule has 0 saturated heterocycles. The minimum absolute atomic E-state index is 0.135. The van der Waals surface area contributed by atoms with Crippen LogP contribution in [0.4, 0.5) is 5.69 Å². The highest BCUT2D eigenvalue weighted by atomic mass is 35.5. The van der Waals surface area contributed by atoms with Crippen LogP contribution in [-0.4, -0.2) is 55.4 Å². The molecule has 0 saturated carbocycles. The molecule has 2 rings (SSSR count). The molecule has 1 unspecified atom stereocenters. The third kappa shape index (κ3) is 7.38. The highest BCUT2D eigenvalue weighted by Crippen LogP contribution is 2.22. The second-order valence-electron chi connectivity index (χ2n) is 6.40. The van der Waals surface area contributed by atoms with Crippen molar-refractivity contribution in [2.24, 2.45) is 0 Å². The first-order valence-corrected chi connectivity index (χ1v) is 9.61. The highest BCUT2D eigenvalue weighted by Gasteiger charge is 2.16. The van der Waals surface area contributed by atoms with E-state index < -0.39 is 6.10 Å². The summed E-state index contributed by atoms with van der Waals surface area (Å²) in [4.78, 5) is 14.3. The normalized spacial score (nSPS) is 11.9. The summed E-state index contributed by atoms with van der Waals surface area (Å²) in [6.07, 6.45) is 0.147. The van der Waals surface area contributed by atoms with Gasteiger partial charge in [0.2, 0.25) is 5.91 Å². The Balaban J connectivity index is 1.85. The summed E-state index contributed by atoms with van der Waals surface area (Å²) in [5.74, 6) is 1.08. The number of anilines is 1. The lowest BCUT2D eigenvalue weighted by molar-refractivity contribution is -0.117. The zero-order valence-electron chi connectivity index (χ0n) is 16.2. The van der Waals surface area contributed by atoms with Crippen molar-refractivity contribution >= 4 is 23.2 Å². The summed E-state index contributed by atoms with van der Waals surface area (Å²) >= 11 is 5.85. The fourth-order valence-electron chi connectivity index (χ4n) is 2.77. The minimum atomic E-state index is -0.721. The molecule has 0 aliphatic carbocycles. The van der Waals surface area contributed by atoms with Gasteiger partial charge in [0.25, 0.3) is 0 Å². The van der Waals surface area contributed by atoms with Gasteiger partial charge in [-0.25, -0.2) is 0 Å². The molecule has 2 N–H and O–H groups in total. The molecule has 0 radical (unpaired) electrons. The average Bonchev–Trinajstić information content (AvgIpc) is 2.68. The Labute approximate surface area is 171 Å². The van der Waals surface area contributed by atoms with Crippen LogP contribution in [-0.2, 0) is 4.79 Å². The third-order valence-electron chi connectivity index (χ3n) is 4.01. The van der Waals surface area contributed by atoms with Crippen LogP contribution in [0.3, 0.4) is 0 Å². The Morgan fingerprint density at radius 3 is 2.61 bits per heavy atom. The summed E-state index contributed by atoms with van der Waals surface area (Å²) in [5, 5.41) is 13.8. The Hall–Kier alpha value is -2.28. The number of hydrogen-bond acceptors (Lipinski definition) is 5. The second kappa shape index (κ2) is 11.5. The number of rotatable bonds is 11. The summed E-state index contributed by atoms with van der Waals surface area (Å²) in [6.45, 7) is 3.36. The molecule has 0 aliphatic heterocycles. The Bertz CT molecular complexity index is 739. The van der Waals surface area contributed by atoms with Gasteiger partial charge in [-0.2, -0.15) is 0 Å². The minimum Gasteiger partial charge on any atom is -0.495 e. The molecule has 0 aromatic heterocycles. The fraction of sp³-hybridized carbons (Fsp3) is 0.381. The number of para-hydroxylation sites is 2. The number of carbonyl (C=O) groups excluding carboxylic acids is 1. The average molecular weight is 407 g/mol. The standard InChI is InChI=1S/C21H27ClN2O4/c1-3-12-24(13-17(25)15-28-18-10-8-16(22)9-11-18)14-21(26)23-19-6-4-5-7-20(19)27-2/h4-11,17,25H,3,12-15H2,1-2H3,(H,23,26). The van der Waals surface area contributed by atoms with Crippen molar-refractivity contribution in [3.8, 4) is 11.5 Å². The first-order chi connectivity index (χ1) is 13.5. The Morgan fingerprint density at radius 1 is 1.21 bits per heavy atom. The number of carbonyl (C=O) groups is 1. The topological polar surface area (TPSA) is 71.0 Å². The predicted octanol–water partition coefficient (Wildman–Crippen LogP) is 3.44. The quantitative estimate of drug-likeness (QED) is 0.598. The van der Waals surface area contributed by atoms with Crippen LogP contribution in [0, 0.1) is 0 Å². The SMILES string of the molecule is CCCN(CC(=O)Nc1ccccc1OC)CC(O)COc1ccc(Cl)cc1. The number of aliphatic hydroxyl groups is 1. The van der Waals surface area contributed by atoms with Crippen molar-refractivity contribution < 1.29 is 19.4 Å². The number of nitrogens with one attached hydrogen (secondary N) is 1. The van der Waals surface area contributed by atoms with E-state index >= 15 is 0 Å². The van der Waals surface area contributed by atoms with Gasteiger partial charge in [-0.1, -0.05) is 30.7 Å². The van der Waals surface area contributed by atoms with E-state index in [9.17, 15) is 9.90 Å². The van der Waals surface area contributed by atoms with Gasteiger partial charge >= 0.3 is 0 Å². The number of halogens is 1. The summed E-state index contributed by atoms with van der Waals surface area (Å²) in [5.41, 5.74) is 0.623. The molecule has 0 aliphatic rings. The zero-order valence-corrected chi connectivity index (χ0v) is 17.0. The van der Waals surface area contributed by atoms with Gasteiger partial charge in [0, 0.05) is 11.6 Å². The molecule has 2 aromatic rings. The lowest BCUT2D eigenvalue weighted by atomic mass is 10.2. The first kappa shape index (κ1) is 22.0. The molecule has 2 aromatic carbocycles. The van der Waals surface area contributed by atoms with Crippen LogP contribution < -0.4 is 14.8 Å². The van der Waals surface area contributed by atoms with Crippen molar-refractivity contribution in [1.29, 1.82) is 0 Å². The number of amides is 1. The van der Waals surface area contributed by atoms with Crippen LogP contribution >= 0.6 is 11.6 Å². The Morgan fingerprint density at radius 2 is 1.93 bits per heavy atom. The van der Waals surface area contributed by atoms with E-state index in [0.29, 0.717) is 35.3 Å². The largest absolute Gasteiger partial charge is 0.495 e. The number of methoxy groups -OCH3 is 1. The summed E-state index contributed by atoms with van der Waals surface area (Å²) in [7, 11) is 1.56. The van der Waals surface area contributed by atoms with Crippen molar-refractivity contribution in [3.05, 3.63) is 53.6 Å². The van der Waals surface area contributed by atoms with Crippen LogP contribution in [0.25, 0.3) is 0 Å². The fourth-order valence-corrected chi connectivity index (χ4v) is 2.89. The molecule has 0 bridgehead atoms. The molecule has 0 heterocycles. The van der Waals surface area contributed by atoms with Crippen molar-refractivity contribution in [1.82, 2.24) is 4.90 Å². The molecule has 0 fully saturated rings.